The topological polar surface area (TPSA) is 356 Å². The average molecular weight is 730 g/mol. The molecule has 1 saturated heterocycles. The second-order valence-corrected chi connectivity index (χ2v) is 12.5. The lowest BCUT2D eigenvalue weighted by molar-refractivity contribution is -0.146. The summed E-state index contributed by atoms with van der Waals surface area (Å²) >= 11 is 0. The number of carbonyl (C=O) groups excluding carboxylic acids is 7. The van der Waals surface area contributed by atoms with E-state index >= 15 is 0 Å². The van der Waals surface area contributed by atoms with E-state index in [0.717, 1.165) is 4.90 Å². The number of nitrogens with one attached hydrogen (secondary N) is 5. The van der Waals surface area contributed by atoms with Crippen LogP contribution in [0, 0.1) is 5.92 Å². The first-order valence-electron chi connectivity index (χ1n) is 16.5. The fourth-order valence-corrected chi connectivity index (χ4v) is 5.15. The molecule has 21 nitrogen and oxygen atoms in total. The summed E-state index contributed by atoms with van der Waals surface area (Å²) < 4.78 is 0. The standard InChI is InChI=1S/C30H51N9O12/c1-14(2)23(37-25(45)16(32)11-20(33)41)29(49)35-17(7-4-5-9-31)27(47)36-18(12-22(43)44)26(46)34-13-21(42)39-10-6-8-19(39)28(48)38-24(15(3)40)30(50)51/h14-19,23-24,40H,4-13,31-32H2,1-3H3,(H2,33,41)(H,34,46)(H,35,49)(H,36,47)(H,37,45)(H,38,48)(H,43,44)(H,50,51)/t15-,16+,17+,18+,19+,23+,24+/m1/s1. The summed E-state index contributed by atoms with van der Waals surface area (Å²) in [5.74, 6) is -9.58. The molecule has 14 N–H and O–H groups in total. The van der Waals surface area contributed by atoms with Crippen LogP contribution in [0.3, 0.4) is 0 Å². The number of aliphatic carboxylic acids is 2. The summed E-state index contributed by atoms with van der Waals surface area (Å²) in [5, 5.41) is 40.0. The smallest absolute Gasteiger partial charge is 0.328 e. The van der Waals surface area contributed by atoms with Crippen molar-refractivity contribution in [2.24, 2.45) is 23.1 Å². The normalized spacial score (nSPS) is 17.5. The van der Waals surface area contributed by atoms with Crippen molar-refractivity contribution < 1.29 is 58.5 Å². The van der Waals surface area contributed by atoms with Crippen molar-refractivity contribution in [3.8, 4) is 0 Å². The van der Waals surface area contributed by atoms with Crippen molar-refractivity contribution in [3.63, 3.8) is 0 Å². The second-order valence-electron chi connectivity index (χ2n) is 12.5. The first-order chi connectivity index (χ1) is 23.8. The molecule has 288 valence electrons. The Hall–Kier alpha value is -4.89. The third kappa shape index (κ3) is 14.9. The number of nitrogens with zero attached hydrogens (tertiary/aromatic N) is 1. The highest BCUT2D eigenvalue weighted by Gasteiger charge is 2.38. The molecule has 1 aliphatic rings. The summed E-state index contributed by atoms with van der Waals surface area (Å²) in [4.78, 5) is 113. The van der Waals surface area contributed by atoms with Gasteiger partial charge in [-0.3, -0.25) is 38.4 Å². The number of hydrogen-bond donors (Lipinski definition) is 11. The van der Waals surface area contributed by atoms with Crippen LogP contribution in [0.2, 0.25) is 0 Å². The molecular formula is C30H51N9O12. The summed E-state index contributed by atoms with van der Waals surface area (Å²) in [6.07, 6.45) is -1.49. The highest BCUT2D eigenvalue weighted by Crippen LogP contribution is 2.18. The number of rotatable bonds is 22. The van der Waals surface area contributed by atoms with Crippen LogP contribution >= 0.6 is 0 Å². The van der Waals surface area contributed by atoms with E-state index in [1.165, 1.54) is 6.92 Å². The Balaban J connectivity index is 3.05. The molecule has 0 aromatic carbocycles. The van der Waals surface area contributed by atoms with Gasteiger partial charge in [0.15, 0.2) is 6.04 Å². The van der Waals surface area contributed by atoms with Crippen molar-refractivity contribution in [1.29, 1.82) is 0 Å². The minimum Gasteiger partial charge on any atom is -0.481 e. The van der Waals surface area contributed by atoms with Gasteiger partial charge in [-0.05, 0) is 51.5 Å². The maximum atomic E-state index is 13.4. The van der Waals surface area contributed by atoms with Crippen LogP contribution < -0.4 is 43.8 Å². The molecule has 0 aromatic rings. The predicted octanol–water partition coefficient (Wildman–Crippen LogP) is -5.04. The molecule has 21 heteroatoms. The maximum Gasteiger partial charge on any atom is 0.328 e. The third-order valence-corrected chi connectivity index (χ3v) is 7.93. The van der Waals surface area contributed by atoms with Gasteiger partial charge in [-0.15, -0.1) is 0 Å². The van der Waals surface area contributed by atoms with Crippen LogP contribution in [-0.4, -0.2) is 135 Å². The van der Waals surface area contributed by atoms with Gasteiger partial charge in [0.05, 0.1) is 31.5 Å². The average Bonchev–Trinajstić information content (AvgIpc) is 3.53. The maximum absolute atomic E-state index is 13.4. The molecule has 1 fully saturated rings. The Morgan fingerprint density at radius 3 is 1.96 bits per heavy atom. The number of aliphatic hydroxyl groups is 1. The second kappa shape index (κ2) is 21.4. The van der Waals surface area contributed by atoms with E-state index in [-0.39, 0.29) is 25.9 Å². The summed E-state index contributed by atoms with van der Waals surface area (Å²) in [7, 11) is 0. The summed E-state index contributed by atoms with van der Waals surface area (Å²) in [5.41, 5.74) is 16.3. The lowest BCUT2D eigenvalue weighted by Crippen LogP contribution is -2.59. The summed E-state index contributed by atoms with van der Waals surface area (Å²) in [6, 6.07) is -8.32. The molecule has 0 aromatic heterocycles. The fraction of sp³-hybridized carbons (Fsp3) is 0.700. The van der Waals surface area contributed by atoms with Gasteiger partial charge in [-0.25, -0.2) is 4.79 Å². The number of aliphatic hydroxyl groups excluding tert-OH is 1. The first-order valence-corrected chi connectivity index (χ1v) is 16.5. The van der Waals surface area contributed by atoms with Crippen LogP contribution in [-0.2, 0) is 43.2 Å². The highest BCUT2D eigenvalue weighted by molar-refractivity contribution is 5.97. The minimum atomic E-state index is -1.72. The monoisotopic (exact) mass is 729 g/mol. The van der Waals surface area contributed by atoms with Crippen molar-refractivity contribution in [1.82, 2.24) is 31.5 Å². The number of carboxylic acids is 2. The van der Waals surface area contributed by atoms with Gasteiger partial charge < -0.3 is 64.0 Å². The van der Waals surface area contributed by atoms with E-state index in [4.69, 9.17) is 17.2 Å². The van der Waals surface area contributed by atoms with Crippen molar-refractivity contribution in [2.45, 2.75) is 108 Å². The number of carboxylic acid groups (broad SMARTS) is 2. The number of nitrogens with two attached hydrogens (primary N) is 3. The molecular weight excluding hydrogens is 678 g/mol. The van der Waals surface area contributed by atoms with E-state index < -0.39 is 121 Å². The van der Waals surface area contributed by atoms with Gasteiger partial charge >= 0.3 is 11.9 Å². The lowest BCUT2D eigenvalue weighted by Gasteiger charge is -2.27. The SMILES string of the molecule is CC(C)[C@H](NC(=O)[C@@H](N)CC(N)=O)C(=O)N[C@@H](CCCCN)C(=O)N[C@@H](CC(=O)O)C(=O)NCC(=O)N1CCC[C@H]1C(=O)N[C@H](C(=O)O)[C@@H](C)O. The number of unbranched alkanes of at least 4 members (excludes halogenated alkanes) is 1. The zero-order valence-corrected chi connectivity index (χ0v) is 28.9. The molecule has 1 rings (SSSR count). The molecule has 1 heterocycles. The molecule has 0 saturated carbocycles. The van der Waals surface area contributed by atoms with Gasteiger partial charge in [0, 0.05) is 6.54 Å². The molecule has 51 heavy (non-hydrogen) atoms. The zero-order valence-electron chi connectivity index (χ0n) is 28.9. The van der Waals surface area contributed by atoms with Crippen LogP contribution in [0.1, 0.15) is 65.7 Å². The number of hydrogen-bond acceptors (Lipinski definition) is 12. The number of primary amides is 1. The Morgan fingerprint density at radius 2 is 1.43 bits per heavy atom. The molecule has 1 aliphatic heterocycles. The quantitative estimate of drug-likeness (QED) is 0.0465. The van der Waals surface area contributed by atoms with Crippen LogP contribution in [0.4, 0.5) is 0 Å². The molecule has 0 spiro atoms. The Kier molecular flexibility index (Phi) is 18.5. The fourth-order valence-electron chi connectivity index (χ4n) is 5.15. The van der Waals surface area contributed by atoms with Crippen LogP contribution in [0.25, 0.3) is 0 Å². The van der Waals surface area contributed by atoms with Gasteiger partial charge in [0.1, 0.15) is 24.2 Å². The predicted molar refractivity (Wildman–Crippen MR) is 177 cm³/mol. The van der Waals surface area contributed by atoms with E-state index in [1.807, 2.05) is 0 Å². The molecule has 0 unspecified atom stereocenters. The van der Waals surface area contributed by atoms with E-state index in [9.17, 15) is 58.5 Å². The lowest BCUT2D eigenvalue weighted by atomic mass is 10.0. The Morgan fingerprint density at radius 1 is 0.804 bits per heavy atom. The van der Waals surface area contributed by atoms with Crippen LogP contribution in [0.5, 0.6) is 0 Å². The van der Waals surface area contributed by atoms with E-state index in [0.29, 0.717) is 19.3 Å². The molecule has 0 bridgehead atoms. The minimum absolute atomic E-state index is 0.00479. The summed E-state index contributed by atoms with van der Waals surface area (Å²) in [6.45, 7) is 4.00. The first kappa shape index (κ1) is 44.1. The number of amides is 7. The molecule has 0 radical (unpaired) electrons. The Labute approximate surface area is 294 Å². The zero-order chi connectivity index (χ0) is 39.0. The largest absolute Gasteiger partial charge is 0.481 e. The van der Waals surface area contributed by atoms with Gasteiger partial charge in [0.2, 0.25) is 41.4 Å². The van der Waals surface area contributed by atoms with Crippen molar-refractivity contribution in [2.75, 3.05) is 19.6 Å². The van der Waals surface area contributed by atoms with E-state index in [1.54, 1.807) is 13.8 Å². The number of carbonyl (C=O) groups is 9. The Bertz CT molecular complexity index is 1290. The van der Waals surface area contributed by atoms with Crippen LogP contribution in [0.15, 0.2) is 0 Å². The molecule has 0 aliphatic carbocycles. The third-order valence-electron chi connectivity index (χ3n) is 7.93. The number of likely N-dealkylation sites (tertiary alicyclic amines) is 1. The van der Waals surface area contributed by atoms with Crippen molar-refractivity contribution >= 4 is 53.3 Å². The molecule has 7 atom stereocenters. The molecule has 7 amide bonds. The van der Waals surface area contributed by atoms with E-state index in [2.05, 4.69) is 26.6 Å². The van der Waals surface area contributed by atoms with Crippen molar-refractivity contribution in [3.05, 3.63) is 0 Å². The van der Waals surface area contributed by atoms with Gasteiger partial charge in [-0.2, -0.15) is 0 Å². The van der Waals surface area contributed by atoms with Gasteiger partial charge in [-0.1, -0.05) is 13.8 Å². The highest BCUT2D eigenvalue weighted by atomic mass is 16.4. The van der Waals surface area contributed by atoms with Gasteiger partial charge in [0.25, 0.3) is 0 Å².